The number of aromatic nitrogens is 1. The molecule has 4 N–H and O–H groups in total. The third-order valence-electron chi connectivity index (χ3n) is 2.12. The first-order chi connectivity index (χ1) is 6.70. The minimum Gasteiger partial charge on any atom is -0.497 e. The van der Waals surface area contributed by atoms with Crippen LogP contribution in [-0.4, -0.2) is 17.9 Å². The van der Waals surface area contributed by atoms with Crippen LogP contribution in [0.4, 0.5) is 0 Å². The van der Waals surface area contributed by atoms with E-state index in [4.69, 9.17) is 15.9 Å². The van der Waals surface area contributed by atoms with Crippen molar-refractivity contribution < 1.29 is 4.74 Å². The maximum Gasteiger partial charge on any atom is 0.139 e. The van der Waals surface area contributed by atoms with Crippen molar-refractivity contribution in [3.63, 3.8) is 0 Å². The summed E-state index contributed by atoms with van der Waals surface area (Å²) in [6.07, 6.45) is 0. The molecule has 4 nitrogen and oxygen atoms in total. The van der Waals surface area contributed by atoms with E-state index in [1.165, 1.54) is 0 Å². The van der Waals surface area contributed by atoms with Crippen LogP contribution in [0.25, 0.3) is 10.9 Å². The molecule has 0 atom stereocenters. The van der Waals surface area contributed by atoms with E-state index in [2.05, 4.69) is 4.98 Å². The lowest BCUT2D eigenvalue weighted by molar-refractivity contribution is 0.415. The number of amidine groups is 1. The molecule has 2 aromatic rings. The highest BCUT2D eigenvalue weighted by molar-refractivity contribution is 5.98. The van der Waals surface area contributed by atoms with Crippen LogP contribution < -0.4 is 10.5 Å². The fraction of sp³-hybridized carbons (Fsp3) is 0.100. The lowest BCUT2D eigenvalue weighted by Gasteiger charge is -1.97. The fourth-order valence-electron chi connectivity index (χ4n) is 1.38. The van der Waals surface area contributed by atoms with Gasteiger partial charge in [0.15, 0.2) is 0 Å². The van der Waals surface area contributed by atoms with Crippen molar-refractivity contribution in [1.82, 2.24) is 4.98 Å². The third-order valence-corrected chi connectivity index (χ3v) is 2.12. The normalized spacial score (nSPS) is 10.4. The van der Waals surface area contributed by atoms with Gasteiger partial charge in [0, 0.05) is 10.9 Å². The lowest BCUT2D eigenvalue weighted by Crippen LogP contribution is -2.10. The number of aromatic amines is 1. The lowest BCUT2D eigenvalue weighted by atomic mass is 10.2. The van der Waals surface area contributed by atoms with Gasteiger partial charge in [0.25, 0.3) is 0 Å². The number of H-pyrrole nitrogens is 1. The van der Waals surface area contributed by atoms with Crippen molar-refractivity contribution in [2.75, 3.05) is 7.11 Å². The van der Waals surface area contributed by atoms with Crippen LogP contribution in [0, 0.1) is 5.41 Å². The van der Waals surface area contributed by atoms with Gasteiger partial charge in [-0.15, -0.1) is 0 Å². The minimum atomic E-state index is 0.0418. The molecule has 0 fully saturated rings. The largest absolute Gasteiger partial charge is 0.497 e. The maximum atomic E-state index is 7.28. The summed E-state index contributed by atoms with van der Waals surface area (Å²) in [4.78, 5) is 3.04. The number of benzene rings is 1. The molecule has 14 heavy (non-hydrogen) atoms. The van der Waals surface area contributed by atoms with E-state index in [0.717, 1.165) is 16.7 Å². The van der Waals surface area contributed by atoms with E-state index in [-0.39, 0.29) is 5.84 Å². The van der Waals surface area contributed by atoms with Crippen LogP contribution >= 0.6 is 0 Å². The standard InChI is InChI=1S/C10H11N3O/c1-14-7-2-3-8-6(4-7)5-9(13-8)10(11)12/h2-5,13H,1H3,(H3,11,12). The molecule has 0 unspecified atom stereocenters. The molecule has 0 amide bonds. The van der Waals surface area contributed by atoms with Gasteiger partial charge in [-0.2, -0.15) is 0 Å². The number of nitrogens with one attached hydrogen (secondary N) is 2. The van der Waals surface area contributed by atoms with Gasteiger partial charge < -0.3 is 15.5 Å². The molecule has 0 radical (unpaired) electrons. The number of nitrogens with two attached hydrogens (primary N) is 1. The van der Waals surface area contributed by atoms with E-state index < -0.39 is 0 Å². The Morgan fingerprint density at radius 3 is 2.86 bits per heavy atom. The second-order valence-electron chi connectivity index (χ2n) is 3.05. The average molecular weight is 189 g/mol. The van der Waals surface area contributed by atoms with Crippen molar-refractivity contribution >= 4 is 16.7 Å². The Morgan fingerprint density at radius 1 is 1.43 bits per heavy atom. The van der Waals surface area contributed by atoms with E-state index in [1.807, 2.05) is 24.3 Å². The molecule has 0 bridgehead atoms. The molecule has 4 heteroatoms. The van der Waals surface area contributed by atoms with E-state index in [0.29, 0.717) is 5.69 Å². The second-order valence-corrected chi connectivity index (χ2v) is 3.05. The zero-order valence-electron chi connectivity index (χ0n) is 7.79. The quantitative estimate of drug-likeness (QED) is 0.494. The smallest absolute Gasteiger partial charge is 0.139 e. The van der Waals surface area contributed by atoms with Crippen LogP contribution in [0.3, 0.4) is 0 Å². The van der Waals surface area contributed by atoms with Gasteiger partial charge in [-0.05, 0) is 24.3 Å². The Hall–Kier alpha value is -1.97. The average Bonchev–Trinajstić information content (AvgIpc) is 2.59. The van der Waals surface area contributed by atoms with Crippen LogP contribution in [-0.2, 0) is 0 Å². The summed E-state index contributed by atoms with van der Waals surface area (Å²) in [6, 6.07) is 7.50. The summed E-state index contributed by atoms with van der Waals surface area (Å²) < 4.78 is 5.09. The summed E-state index contributed by atoms with van der Waals surface area (Å²) >= 11 is 0. The number of hydrogen-bond donors (Lipinski definition) is 3. The van der Waals surface area contributed by atoms with Crippen LogP contribution in [0.15, 0.2) is 24.3 Å². The molecule has 1 aromatic heterocycles. The summed E-state index contributed by atoms with van der Waals surface area (Å²) in [6.45, 7) is 0. The number of hydrogen-bond acceptors (Lipinski definition) is 2. The molecular weight excluding hydrogens is 178 g/mol. The van der Waals surface area contributed by atoms with Gasteiger partial charge in [0.1, 0.15) is 11.6 Å². The van der Waals surface area contributed by atoms with Gasteiger partial charge in [-0.3, -0.25) is 5.41 Å². The Balaban J connectivity index is 2.60. The van der Waals surface area contributed by atoms with Gasteiger partial charge in [-0.25, -0.2) is 0 Å². The number of nitrogen functional groups attached to an aromatic ring is 1. The molecule has 0 aliphatic heterocycles. The molecule has 72 valence electrons. The SMILES string of the molecule is COc1ccc2[nH]c(C(=N)N)cc2c1. The molecular formula is C10H11N3O. The molecule has 2 rings (SSSR count). The van der Waals surface area contributed by atoms with Crippen LogP contribution in [0.1, 0.15) is 5.69 Å². The van der Waals surface area contributed by atoms with Crippen molar-refractivity contribution in [2.45, 2.75) is 0 Å². The van der Waals surface area contributed by atoms with Crippen molar-refractivity contribution in [1.29, 1.82) is 5.41 Å². The minimum absolute atomic E-state index is 0.0418. The molecule has 0 saturated carbocycles. The predicted molar refractivity (Wildman–Crippen MR) is 55.9 cm³/mol. The topological polar surface area (TPSA) is 74.9 Å². The highest BCUT2D eigenvalue weighted by atomic mass is 16.5. The summed E-state index contributed by atoms with van der Waals surface area (Å²) in [5.74, 6) is 0.840. The second kappa shape index (κ2) is 3.06. The molecule has 1 aromatic carbocycles. The third kappa shape index (κ3) is 1.31. The van der Waals surface area contributed by atoms with E-state index >= 15 is 0 Å². The summed E-state index contributed by atoms with van der Waals surface area (Å²) in [7, 11) is 1.62. The maximum absolute atomic E-state index is 7.28. The molecule has 1 heterocycles. The van der Waals surface area contributed by atoms with Crippen molar-refractivity contribution in [3.8, 4) is 5.75 Å². The first-order valence-electron chi connectivity index (χ1n) is 4.22. The van der Waals surface area contributed by atoms with Gasteiger partial charge in [0.05, 0.1) is 12.8 Å². The number of ether oxygens (including phenoxy) is 1. The number of methoxy groups -OCH3 is 1. The fourth-order valence-corrected chi connectivity index (χ4v) is 1.38. The Morgan fingerprint density at radius 2 is 2.21 bits per heavy atom. The zero-order valence-corrected chi connectivity index (χ0v) is 7.79. The number of fused-ring (bicyclic) bond motifs is 1. The Labute approximate surface area is 81.2 Å². The Bertz CT molecular complexity index is 487. The van der Waals surface area contributed by atoms with Gasteiger partial charge >= 0.3 is 0 Å². The highest BCUT2D eigenvalue weighted by Gasteiger charge is 2.03. The monoisotopic (exact) mass is 189 g/mol. The van der Waals surface area contributed by atoms with Crippen molar-refractivity contribution in [2.24, 2.45) is 5.73 Å². The van der Waals surface area contributed by atoms with Crippen LogP contribution in [0.2, 0.25) is 0 Å². The van der Waals surface area contributed by atoms with Crippen molar-refractivity contribution in [3.05, 3.63) is 30.0 Å². The molecule has 0 spiro atoms. The predicted octanol–water partition coefficient (Wildman–Crippen LogP) is 1.46. The number of rotatable bonds is 2. The molecule has 0 saturated heterocycles. The summed E-state index contributed by atoms with van der Waals surface area (Å²) in [5, 5.41) is 8.28. The van der Waals surface area contributed by atoms with Crippen LogP contribution in [0.5, 0.6) is 5.75 Å². The summed E-state index contributed by atoms with van der Waals surface area (Å²) in [5.41, 5.74) is 6.96. The zero-order chi connectivity index (χ0) is 10.1. The highest BCUT2D eigenvalue weighted by Crippen LogP contribution is 2.20. The first kappa shape index (κ1) is 8.62. The Kier molecular flexibility index (Phi) is 1.89. The van der Waals surface area contributed by atoms with Gasteiger partial charge in [-0.1, -0.05) is 0 Å². The first-order valence-corrected chi connectivity index (χ1v) is 4.22. The van der Waals surface area contributed by atoms with Gasteiger partial charge in [0.2, 0.25) is 0 Å². The van der Waals surface area contributed by atoms with E-state index in [9.17, 15) is 0 Å². The molecule has 0 aliphatic rings. The molecule has 0 aliphatic carbocycles. The van der Waals surface area contributed by atoms with E-state index in [1.54, 1.807) is 7.11 Å².